The van der Waals surface area contributed by atoms with Crippen LogP contribution in [-0.4, -0.2) is 32.0 Å². The van der Waals surface area contributed by atoms with E-state index in [9.17, 15) is 4.79 Å². The molecule has 4 heteroatoms. The minimum Gasteiger partial charge on any atom is -0.352 e. The molecule has 0 bridgehead atoms. The second-order valence-corrected chi connectivity index (χ2v) is 8.69. The smallest absolute Gasteiger partial charge is 0.242 e. The van der Waals surface area contributed by atoms with Crippen molar-refractivity contribution < 1.29 is 9.53 Å². The molecule has 3 nitrogen and oxygen atoms in total. The number of carbonyl (C=O) groups is 1. The molecule has 13 heavy (non-hydrogen) atoms. The van der Waals surface area contributed by atoms with Crippen molar-refractivity contribution in [1.29, 1.82) is 0 Å². The van der Waals surface area contributed by atoms with Gasteiger partial charge in [-0.25, -0.2) is 0 Å². The first-order valence-electron chi connectivity index (χ1n) is 5.08. The summed E-state index contributed by atoms with van der Waals surface area (Å²) in [6, 6.07) is 3.44. The van der Waals surface area contributed by atoms with Crippen molar-refractivity contribution >= 4 is 14.1 Å². The maximum absolute atomic E-state index is 11.5. The zero-order chi connectivity index (χ0) is 9.90. The lowest BCUT2D eigenvalue weighted by Crippen LogP contribution is -2.53. The standard InChI is InChI=1S/C9H19NO2Si/c1-4-13(5-2,6-3)10-8-12-7-9(10)11/h4-8H2,1-3H3. The molecule has 0 atom stereocenters. The van der Waals surface area contributed by atoms with E-state index in [4.69, 9.17) is 4.74 Å². The predicted molar refractivity (Wildman–Crippen MR) is 54.9 cm³/mol. The van der Waals surface area contributed by atoms with E-state index in [0.29, 0.717) is 13.3 Å². The van der Waals surface area contributed by atoms with Crippen molar-refractivity contribution in [1.82, 2.24) is 4.57 Å². The van der Waals surface area contributed by atoms with Crippen molar-refractivity contribution in [3.8, 4) is 0 Å². The summed E-state index contributed by atoms with van der Waals surface area (Å²) >= 11 is 0. The van der Waals surface area contributed by atoms with Crippen LogP contribution in [-0.2, 0) is 9.53 Å². The molecule has 0 saturated carbocycles. The zero-order valence-corrected chi connectivity index (χ0v) is 9.80. The Kier molecular flexibility index (Phi) is 3.50. The molecule has 76 valence electrons. The van der Waals surface area contributed by atoms with Crippen molar-refractivity contribution in [2.24, 2.45) is 0 Å². The highest BCUT2D eigenvalue weighted by Crippen LogP contribution is 2.26. The van der Waals surface area contributed by atoms with Crippen LogP contribution in [0.15, 0.2) is 0 Å². The van der Waals surface area contributed by atoms with Crippen LogP contribution in [0.2, 0.25) is 18.1 Å². The average molecular weight is 201 g/mol. The first-order chi connectivity index (χ1) is 6.20. The Labute approximate surface area is 81.1 Å². The summed E-state index contributed by atoms with van der Waals surface area (Å²) in [7, 11) is -1.49. The quantitative estimate of drug-likeness (QED) is 0.649. The Morgan fingerprint density at radius 3 is 2.15 bits per heavy atom. The van der Waals surface area contributed by atoms with Gasteiger partial charge in [0.15, 0.2) is 8.24 Å². The molecule has 1 aliphatic rings. The Morgan fingerprint density at radius 2 is 1.85 bits per heavy atom. The molecule has 0 unspecified atom stereocenters. The Morgan fingerprint density at radius 1 is 1.31 bits per heavy atom. The van der Waals surface area contributed by atoms with Crippen LogP contribution in [0.4, 0.5) is 0 Å². The molecule has 0 radical (unpaired) electrons. The van der Waals surface area contributed by atoms with Crippen LogP contribution in [0.1, 0.15) is 20.8 Å². The molecule has 1 aliphatic heterocycles. The molecule has 0 spiro atoms. The SMILES string of the molecule is CC[Si](CC)(CC)N1COCC1=O. The maximum atomic E-state index is 11.5. The molecule has 1 saturated heterocycles. The number of nitrogens with zero attached hydrogens (tertiary/aromatic N) is 1. The van der Waals surface area contributed by atoms with Crippen LogP contribution in [0.5, 0.6) is 0 Å². The molecule has 0 aliphatic carbocycles. The van der Waals surface area contributed by atoms with E-state index in [1.807, 2.05) is 4.57 Å². The van der Waals surface area contributed by atoms with Gasteiger partial charge in [0, 0.05) is 0 Å². The van der Waals surface area contributed by atoms with Crippen LogP contribution >= 0.6 is 0 Å². The molecular weight excluding hydrogens is 182 g/mol. The molecule has 0 aromatic carbocycles. The lowest BCUT2D eigenvalue weighted by atomic mass is 10.7. The fourth-order valence-electron chi connectivity index (χ4n) is 2.10. The molecular formula is C9H19NO2Si. The van der Waals surface area contributed by atoms with Crippen LogP contribution < -0.4 is 0 Å². The summed E-state index contributed by atoms with van der Waals surface area (Å²) in [5, 5.41) is 0. The van der Waals surface area contributed by atoms with Gasteiger partial charge in [-0.2, -0.15) is 0 Å². The third kappa shape index (κ3) is 1.78. The van der Waals surface area contributed by atoms with Crippen molar-refractivity contribution in [3.63, 3.8) is 0 Å². The number of hydrogen-bond donors (Lipinski definition) is 0. The Bertz CT molecular complexity index is 184. The van der Waals surface area contributed by atoms with Gasteiger partial charge in [-0.1, -0.05) is 20.8 Å². The van der Waals surface area contributed by atoms with E-state index in [2.05, 4.69) is 20.8 Å². The molecule has 1 fully saturated rings. The van der Waals surface area contributed by atoms with Gasteiger partial charge in [0.05, 0.1) is 0 Å². The molecule has 0 aromatic heterocycles. The van der Waals surface area contributed by atoms with E-state index < -0.39 is 8.24 Å². The van der Waals surface area contributed by atoms with Crippen LogP contribution in [0, 0.1) is 0 Å². The van der Waals surface area contributed by atoms with Crippen molar-refractivity contribution in [2.45, 2.75) is 38.9 Å². The van der Waals surface area contributed by atoms with Crippen LogP contribution in [0.3, 0.4) is 0 Å². The number of carbonyl (C=O) groups excluding carboxylic acids is 1. The molecule has 1 amide bonds. The van der Waals surface area contributed by atoms with E-state index in [0.717, 1.165) is 18.1 Å². The van der Waals surface area contributed by atoms with Gasteiger partial charge in [0.2, 0.25) is 5.91 Å². The second-order valence-electron chi connectivity index (χ2n) is 3.58. The van der Waals surface area contributed by atoms with Gasteiger partial charge < -0.3 is 9.30 Å². The number of amides is 1. The Hall–Kier alpha value is -0.353. The minimum absolute atomic E-state index is 0.206. The molecule has 1 rings (SSSR count). The summed E-state index contributed by atoms with van der Waals surface area (Å²) in [5.41, 5.74) is 0. The second kappa shape index (κ2) is 4.24. The van der Waals surface area contributed by atoms with Gasteiger partial charge in [-0.05, 0) is 18.1 Å². The highest BCUT2D eigenvalue weighted by atomic mass is 28.3. The average Bonchev–Trinajstić information content (AvgIpc) is 2.57. The van der Waals surface area contributed by atoms with Gasteiger partial charge in [0.1, 0.15) is 13.3 Å². The predicted octanol–water partition coefficient (Wildman–Crippen LogP) is 1.81. The van der Waals surface area contributed by atoms with Crippen LogP contribution in [0.25, 0.3) is 0 Å². The lowest BCUT2D eigenvalue weighted by Gasteiger charge is -2.36. The van der Waals surface area contributed by atoms with Crippen molar-refractivity contribution in [2.75, 3.05) is 13.3 Å². The normalized spacial score (nSPS) is 18.4. The highest BCUT2D eigenvalue weighted by molar-refractivity contribution is 6.79. The summed E-state index contributed by atoms with van der Waals surface area (Å²) in [4.78, 5) is 11.5. The summed E-state index contributed by atoms with van der Waals surface area (Å²) < 4.78 is 7.23. The van der Waals surface area contributed by atoms with Gasteiger partial charge in [0.25, 0.3) is 0 Å². The topological polar surface area (TPSA) is 29.5 Å². The first kappa shape index (κ1) is 10.7. The van der Waals surface area contributed by atoms with Crippen molar-refractivity contribution in [3.05, 3.63) is 0 Å². The molecule has 0 N–H and O–H groups in total. The monoisotopic (exact) mass is 201 g/mol. The lowest BCUT2D eigenvalue weighted by molar-refractivity contribution is -0.123. The van der Waals surface area contributed by atoms with Gasteiger partial charge in [-0.3, -0.25) is 4.79 Å². The number of hydrogen-bond acceptors (Lipinski definition) is 2. The first-order valence-corrected chi connectivity index (χ1v) is 7.65. The molecule has 1 heterocycles. The summed E-state index contributed by atoms with van der Waals surface area (Å²) in [5.74, 6) is 0.206. The third-order valence-corrected chi connectivity index (χ3v) is 8.77. The minimum atomic E-state index is -1.49. The third-order valence-electron chi connectivity index (χ3n) is 3.29. The fourth-order valence-corrected chi connectivity index (χ4v) is 5.70. The highest BCUT2D eigenvalue weighted by Gasteiger charge is 2.40. The maximum Gasteiger partial charge on any atom is 0.242 e. The zero-order valence-electron chi connectivity index (χ0n) is 8.80. The van der Waals surface area contributed by atoms with Gasteiger partial charge >= 0.3 is 0 Å². The summed E-state index contributed by atoms with van der Waals surface area (Å²) in [6.07, 6.45) is 0. The van der Waals surface area contributed by atoms with E-state index in [1.165, 1.54) is 0 Å². The fraction of sp³-hybridized carbons (Fsp3) is 0.889. The van der Waals surface area contributed by atoms with E-state index in [-0.39, 0.29) is 5.91 Å². The Balaban J connectivity index is 2.79. The molecule has 0 aromatic rings. The van der Waals surface area contributed by atoms with Gasteiger partial charge in [-0.15, -0.1) is 0 Å². The largest absolute Gasteiger partial charge is 0.352 e. The van der Waals surface area contributed by atoms with E-state index >= 15 is 0 Å². The van der Waals surface area contributed by atoms with E-state index in [1.54, 1.807) is 0 Å². The summed E-state index contributed by atoms with van der Waals surface area (Å²) in [6.45, 7) is 7.44. The number of rotatable bonds is 4. The number of ether oxygens (including phenoxy) is 1.